The van der Waals surface area contributed by atoms with Crippen LogP contribution in [0.2, 0.25) is 5.02 Å². The Kier molecular flexibility index (Phi) is 6.02. The first-order valence-corrected chi connectivity index (χ1v) is 11.8. The van der Waals surface area contributed by atoms with Crippen molar-refractivity contribution in [2.24, 2.45) is 0 Å². The molecule has 1 aliphatic heterocycles. The lowest BCUT2D eigenvalue weighted by molar-refractivity contribution is -0.120. The third-order valence-corrected chi connectivity index (χ3v) is 7.44. The van der Waals surface area contributed by atoms with Gasteiger partial charge in [-0.15, -0.1) is 11.8 Å². The smallest absolute Gasteiger partial charge is 0.237 e. The monoisotopic (exact) mass is 422 g/mol. The Morgan fingerprint density at radius 3 is 2.89 bits per heavy atom. The predicted molar refractivity (Wildman–Crippen MR) is 112 cm³/mol. The Labute approximate surface area is 167 Å². The van der Waals surface area contributed by atoms with Crippen molar-refractivity contribution >= 4 is 48.4 Å². The third kappa shape index (κ3) is 4.77. The molecule has 5 nitrogen and oxygen atoms in total. The summed E-state index contributed by atoms with van der Waals surface area (Å²) in [5.41, 5.74) is 6.98. The largest absolute Gasteiger partial charge is 0.399 e. The Bertz CT molecular complexity index is 944. The Morgan fingerprint density at radius 1 is 1.41 bits per heavy atom. The van der Waals surface area contributed by atoms with Crippen molar-refractivity contribution in [3.05, 3.63) is 64.8 Å². The topological polar surface area (TPSA) is 92.4 Å². The standard InChI is InChI=1S/C19H20ClN2O3PS/c1-26(24,25)18(16-11-27-17-6-5-13(20)10-15(16)17)19(23)22-8-7-12-3-2-4-14(21)9-12/h2-10,16,18H,11,21H2,1H3,(H,22,23)(H,24,25)/b8-7+. The first-order chi connectivity index (χ1) is 12.8. The number of nitrogens with one attached hydrogen (secondary N) is 1. The lowest BCUT2D eigenvalue weighted by Crippen LogP contribution is -2.36. The summed E-state index contributed by atoms with van der Waals surface area (Å²) in [6.45, 7) is 1.23. The Morgan fingerprint density at radius 2 is 2.19 bits per heavy atom. The van der Waals surface area contributed by atoms with E-state index in [4.69, 9.17) is 17.3 Å². The van der Waals surface area contributed by atoms with Crippen molar-refractivity contribution in [2.45, 2.75) is 16.5 Å². The van der Waals surface area contributed by atoms with Crippen molar-refractivity contribution in [1.29, 1.82) is 0 Å². The van der Waals surface area contributed by atoms with Crippen LogP contribution in [0.1, 0.15) is 17.0 Å². The molecule has 3 unspecified atom stereocenters. The number of halogens is 1. The van der Waals surface area contributed by atoms with Crippen LogP contribution < -0.4 is 11.1 Å². The summed E-state index contributed by atoms with van der Waals surface area (Å²) in [7, 11) is -3.69. The van der Waals surface area contributed by atoms with Crippen LogP contribution in [-0.4, -0.2) is 28.9 Å². The van der Waals surface area contributed by atoms with E-state index >= 15 is 0 Å². The molecule has 0 aliphatic carbocycles. The Hall–Kier alpha value is -1.72. The summed E-state index contributed by atoms with van der Waals surface area (Å²) in [5, 5.41) is 3.19. The highest BCUT2D eigenvalue weighted by molar-refractivity contribution is 7.99. The average molecular weight is 423 g/mol. The summed E-state index contributed by atoms with van der Waals surface area (Å²) in [5.74, 6) is -0.294. The number of rotatable bonds is 5. The van der Waals surface area contributed by atoms with Crippen LogP contribution >= 0.6 is 30.7 Å². The second-order valence-corrected chi connectivity index (χ2v) is 10.4. The molecule has 1 amide bonds. The molecule has 142 valence electrons. The van der Waals surface area contributed by atoms with Gasteiger partial charge in [-0.3, -0.25) is 9.36 Å². The van der Waals surface area contributed by atoms with Crippen LogP contribution in [0.5, 0.6) is 0 Å². The maximum absolute atomic E-state index is 12.8. The van der Waals surface area contributed by atoms with Crippen LogP contribution in [0.4, 0.5) is 5.69 Å². The van der Waals surface area contributed by atoms with Crippen LogP contribution in [0.15, 0.2) is 53.6 Å². The fourth-order valence-corrected chi connectivity index (χ4v) is 6.21. The third-order valence-electron chi connectivity index (χ3n) is 4.37. The van der Waals surface area contributed by atoms with Gasteiger partial charge < -0.3 is 15.9 Å². The van der Waals surface area contributed by atoms with E-state index < -0.39 is 18.9 Å². The number of fused-ring (bicyclic) bond motifs is 1. The number of nitrogen functional groups attached to an aromatic ring is 1. The first-order valence-electron chi connectivity index (χ1n) is 8.30. The zero-order chi connectivity index (χ0) is 19.6. The van der Waals surface area contributed by atoms with E-state index in [0.29, 0.717) is 16.5 Å². The number of nitrogens with two attached hydrogens (primary N) is 1. The number of thioether (sulfide) groups is 1. The van der Waals surface area contributed by atoms with E-state index in [2.05, 4.69) is 5.32 Å². The van der Waals surface area contributed by atoms with Gasteiger partial charge in [0.15, 0.2) is 0 Å². The highest BCUT2D eigenvalue weighted by atomic mass is 35.5. The molecule has 2 aromatic carbocycles. The van der Waals surface area contributed by atoms with E-state index in [1.54, 1.807) is 42.1 Å². The summed E-state index contributed by atoms with van der Waals surface area (Å²) in [4.78, 5) is 24.0. The van der Waals surface area contributed by atoms with Gasteiger partial charge in [0.1, 0.15) is 5.66 Å². The second-order valence-electron chi connectivity index (χ2n) is 6.50. The van der Waals surface area contributed by atoms with E-state index in [1.807, 2.05) is 18.2 Å². The molecule has 2 aromatic rings. The van der Waals surface area contributed by atoms with E-state index in [-0.39, 0.29) is 5.92 Å². The summed E-state index contributed by atoms with van der Waals surface area (Å²) in [6.07, 6.45) is 3.16. The molecule has 0 aromatic heterocycles. The van der Waals surface area contributed by atoms with Gasteiger partial charge in [0.2, 0.25) is 13.3 Å². The van der Waals surface area contributed by atoms with Crippen molar-refractivity contribution in [3.63, 3.8) is 0 Å². The minimum Gasteiger partial charge on any atom is -0.399 e. The first kappa shape index (κ1) is 20.0. The van der Waals surface area contributed by atoms with E-state index in [9.17, 15) is 14.3 Å². The normalized spacial score (nSPS) is 19.4. The highest BCUT2D eigenvalue weighted by Gasteiger charge is 2.43. The molecule has 1 heterocycles. The molecular formula is C19H20ClN2O3PS. The minimum atomic E-state index is -3.69. The van der Waals surface area contributed by atoms with Gasteiger partial charge in [-0.1, -0.05) is 23.7 Å². The SMILES string of the molecule is CP(=O)(O)C(C(=O)N/C=C/c1cccc(N)c1)C1CSc2ccc(Cl)cc21. The molecule has 0 spiro atoms. The predicted octanol–water partition coefficient (Wildman–Crippen LogP) is 4.17. The van der Waals surface area contributed by atoms with Gasteiger partial charge in [-0.2, -0.15) is 0 Å². The number of amides is 1. The van der Waals surface area contributed by atoms with Gasteiger partial charge in [-0.25, -0.2) is 0 Å². The maximum Gasteiger partial charge on any atom is 0.237 e. The average Bonchev–Trinajstić information content (AvgIpc) is 2.96. The van der Waals surface area contributed by atoms with Gasteiger partial charge in [-0.05, 0) is 47.5 Å². The number of hydrogen-bond acceptors (Lipinski definition) is 4. The van der Waals surface area contributed by atoms with Crippen molar-refractivity contribution < 1.29 is 14.3 Å². The molecule has 0 radical (unpaired) electrons. The molecule has 3 atom stereocenters. The molecule has 1 aliphatic rings. The fraction of sp³-hybridized carbons (Fsp3) is 0.211. The molecule has 0 saturated heterocycles. The maximum atomic E-state index is 12.8. The summed E-state index contributed by atoms with van der Waals surface area (Å²) in [6, 6.07) is 12.6. The van der Waals surface area contributed by atoms with Gasteiger partial charge in [0, 0.05) is 40.1 Å². The molecule has 0 fully saturated rings. The van der Waals surface area contributed by atoms with E-state index in [0.717, 1.165) is 16.0 Å². The molecular weight excluding hydrogens is 403 g/mol. The quantitative estimate of drug-likeness (QED) is 0.497. The molecule has 27 heavy (non-hydrogen) atoms. The van der Waals surface area contributed by atoms with Gasteiger partial charge in [0.05, 0.1) is 0 Å². The molecule has 0 bridgehead atoms. The number of carbonyl (C=O) groups excluding carboxylic acids is 1. The lowest BCUT2D eigenvalue weighted by Gasteiger charge is -2.25. The van der Waals surface area contributed by atoms with Crippen molar-refractivity contribution in [3.8, 4) is 0 Å². The number of anilines is 1. The van der Waals surface area contributed by atoms with Crippen LogP contribution in [0, 0.1) is 0 Å². The van der Waals surface area contributed by atoms with Gasteiger partial charge >= 0.3 is 0 Å². The van der Waals surface area contributed by atoms with Crippen LogP contribution in [0.3, 0.4) is 0 Å². The zero-order valence-electron chi connectivity index (χ0n) is 14.6. The summed E-state index contributed by atoms with van der Waals surface area (Å²) >= 11 is 7.65. The van der Waals surface area contributed by atoms with Crippen molar-refractivity contribution in [2.75, 3.05) is 18.2 Å². The van der Waals surface area contributed by atoms with Crippen LogP contribution in [0.25, 0.3) is 6.08 Å². The molecule has 8 heteroatoms. The molecule has 3 rings (SSSR count). The summed E-state index contributed by atoms with van der Waals surface area (Å²) < 4.78 is 12.5. The fourth-order valence-electron chi connectivity index (χ4n) is 3.17. The number of carbonyl (C=O) groups is 1. The minimum absolute atomic E-state index is 0.370. The molecule has 4 N–H and O–H groups in total. The highest BCUT2D eigenvalue weighted by Crippen LogP contribution is 2.54. The Balaban J connectivity index is 1.81. The molecule has 0 saturated carbocycles. The van der Waals surface area contributed by atoms with Crippen LogP contribution in [-0.2, 0) is 9.36 Å². The second kappa shape index (κ2) is 8.11. The van der Waals surface area contributed by atoms with Crippen molar-refractivity contribution in [1.82, 2.24) is 5.32 Å². The number of hydrogen-bond donors (Lipinski definition) is 3. The number of benzene rings is 2. The zero-order valence-corrected chi connectivity index (χ0v) is 17.1. The van der Waals surface area contributed by atoms with E-state index in [1.165, 1.54) is 12.9 Å². The lowest BCUT2D eigenvalue weighted by atomic mass is 9.97. The van der Waals surface area contributed by atoms with Gasteiger partial charge in [0.25, 0.3) is 0 Å².